The molecule has 5 N–H and O–H groups in total. The van der Waals surface area contributed by atoms with Crippen molar-refractivity contribution >= 4 is 52.1 Å². The fourth-order valence-corrected chi connectivity index (χ4v) is 6.88. The summed E-state index contributed by atoms with van der Waals surface area (Å²) in [6.07, 6.45) is 0.0189. The van der Waals surface area contributed by atoms with Crippen molar-refractivity contribution in [1.29, 1.82) is 0 Å². The summed E-state index contributed by atoms with van der Waals surface area (Å²) in [6, 6.07) is 26.5. The van der Waals surface area contributed by atoms with Crippen LogP contribution in [-0.4, -0.2) is 53.9 Å². The first-order chi connectivity index (χ1) is 28.6. The Morgan fingerprint density at radius 2 is 1.52 bits per heavy atom. The number of nitrogens with two attached hydrogens (primary N) is 1. The van der Waals surface area contributed by atoms with Crippen molar-refractivity contribution in [2.24, 2.45) is 17.6 Å². The summed E-state index contributed by atoms with van der Waals surface area (Å²) in [5.74, 6) is -0.921. The number of anilines is 1. The van der Waals surface area contributed by atoms with E-state index in [1.807, 2.05) is 77.1 Å². The van der Waals surface area contributed by atoms with Crippen LogP contribution in [0.25, 0.3) is 11.0 Å². The van der Waals surface area contributed by atoms with Gasteiger partial charge in [-0.1, -0.05) is 99.5 Å². The van der Waals surface area contributed by atoms with Gasteiger partial charge in [-0.25, -0.2) is 4.79 Å². The lowest BCUT2D eigenvalue weighted by Crippen LogP contribution is -2.50. The summed E-state index contributed by atoms with van der Waals surface area (Å²) in [5.41, 5.74) is 10.1. The van der Waals surface area contributed by atoms with Crippen LogP contribution in [0.3, 0.4) is 0 Å². The first kappa shape index (κ1) is 45.1. The van der Waals surface area contributed by atoms with Crippen molar-refractivity contribution in [2.45, 2.75) is 79.1 Å². The molecule has 0 bridgehead atoms. The van der Waals surface area contributed by atoms with Gasteiger partial charge >= 0.3 is 6.09 Å². The third-order valence-electron chi connectivity index (χ3n) is 10.2. The van der Waals surface area contributed by atoms with Crippen LogP contribution in [0.2, 0.25) is 5.02 Å². The van der Waals surface area contributed by atoms with E-state index < -0.39 is 36.0 Å². The highest BCUT2D eigenvalue weighted by molar-refractivity contribution is 6.31. The monoisotopic (exact) mass is 835 g/mol. The van der Waals surface area contributed by atoms with Gasteiger partial charge in [0.05, 0.1) is 17.5 Å². The van der Waals surface area contributed by atoms with Gasteiger partial charge in [-0.15, -0.1) is 0 Å². The van der Waals surface area contributed by atoms with E-state index in [0.29, 0.717) is 57.0 Å². The number of amides is 4. The van der Waals surface area contributed by atoms with Crippen molar-refractivity contribution in [1.82, 2.24) is 15.5 Å². The van der Waals surface area contributed by atoms with Crippen molar-refractivity contribution in [3.8, 4) is 0 Å². The number of ether oxygens (including phenoxy) is 1. The normalized spacial score (nSPS) is 12.8. The highest BCUT2D eigenvalue weighted by atomic mass is 35.5. The molecule has 1 heterocycles. The molecule has 0 aliphatic heterocycles. The molecule has 1 aromatic heterocycles. The quantitative estimate of drug-likeness (QED) is 0.0684. The smallest absolute Gasteiger partial charge is 0.407 e. The maximum absolute atomic E-state index is 14.5. The van der Waals surface area contributed by atoms with Gasteiger partial charge in [0.15, 0.2) is 5.43 Å². The van der Waals surface area contributed by atoms with E-state index in [1.54, 1.807) is 66.4 Å². The standard InChI is InChI=1S/C47H54ClN5O7/c1-28(2)40(49)45(56)51-31(6)44(55)52-36-20-15-33(16-21-36)27-59-47(58)50-23-10-24-53(46(57)34-17-13-30(5)14-18-34)41(29(3)4)43-38(25-32-11-8-7-9-12-32)42(54)37-22-19-35(48)26-39(37)60-43/h7-9,11-22,26,28-29,31,40-41H,10,23-25,27,49H2,1-6H3,(H,50,58)(H,51,56)(H,52,55)/t31-,40-,41+/m0/s1. The van der Waals surface area contributed by atoms with Crippen LogP contribution in [0.4, 0.5) is 10.5 Å². The number of nitrogens with zero attached hydrogens (tertiary/aromatic N) is 1. The summed E-state index contributed by atoms with van der Waals surface area (Å²) in [7, 11) is 0. The lowest BCUT2D eigenvalue weighted by atomic mass is 9.91. The van der Waals surface area contributed by atoms with Gasteiger partial charge in [0.1, 0.15) is 24.0 Å². The first-order valence-corrected chi connectivity index (χ1v) is 20.5. The zero-order valence-electron chi connectivity index (χ0n) is 34.9. The Labute approximate surface area is 355 Å². The van der Waals surface area contributed by atoms with Crippen molar-refractivity contribution in [2.75, 3.05) is 18.4 Å². The number of carbonyl (C=O) groups excluding carboxylic acids is 4. The van der Waals surface area contributed by atoms with E-state index >= 15 is 0 Å². The lowest BCUT2D eigenvalue weighted by Gasteiger charge is -2.35. The average Bonchev–Trinajstić information content (AvgIpc) is 3.22. The molecule has 0 aliphatic carbocycles. The van der Waals surface area contributed by atoms with Crippen LogP contribution in [0.1, 0.15) is 85.5 Å². The molecular formula is C47H54ClN5O7. The zero-order chi connectivity index (χ0) is 43.5. The molecule has 0 saturated carbocycles. The van der Waals surface area contributed by atoms with Gasteiger partial charge < -0.3 is 35.7 Å². The molecule has 0 spiro atoms. The molecule has 5 rings (SSSR count). The average molecular weight is 836 g/mol. The van der Waals surface area contributed by atoms with E-state index in [0.717, 1.165) is 11.1 Å². The topological polar surface area (TPSA) is 173 Å². The van der Waals surface area contributed by atoms with E-state index in [2.05, 4.69) is 16.0 Å². The number of hydrogen-bond acceptors (Lipinski definition) is 8. The Morgan fingerprint density at radius 1 is 0.833 bits per heavy atom. The molecule has 0 unspecified atom stereocenters. The predicted molar refractivity (Wildman–Crippen MR) is 235 cm³/mol. The molecule has 4 amide bonds. The molecule has 3 atom stereocenters. The van der Waals surface area contributed by atoms with Crippen LogP contribution in [0, 0.1) is 18.8 Å². The lowest BCUT2D eigenvalue weighted by molar-refractivity contribution is -0.127. The number of aryl methyl sites for hydroxylation is 1. The second kappa shape index (κ2) is 20.8. The molecular weight excluding hydrogens is 782 g/mol. The molecule has 0 aliphatic rings. The molecule has 13 heteroatoms. The first-order valence-electron chi connectivity index (χ1n) is 20.2. The fourth-order valence-electron chi connectivity index (χ4n) is 6.71. The Hall–Kier alpha value is -5.98. The van der Waals surface area contributed by atoms with Crippen LogP contribution >= 0.6 is 11.6 Å². The largest absolute Gasteiger partial charge is 0.458 e. The number of fused-ring (bicyclic) bond motifs is 1. The van der Waals surface area contributed by atoms with Crippen molar-refractivity contribution in [3.05, 3.63) is 146 Å². The molecule has 5 aromatic rings. The van der Waals surface area contributed by atoms with Gasteiger partial charge in [-0.05, 0) is 79.6 Å². The number of benzene rings is 4. The van der Waals surface area contributed by atoms with Gasteiger partial charge in [0.2, 0.25) is 11.8 Å². The number of hydrogen-bond donors (Lipinski definition) is 4. The van der Waals surface area contributed by atoms with E-state index in [-0.39, 0.29) is 42.9 Å². The zero-order valence-corrected chi connectivity index (χ0v) is 35.7. The summed E-state index contributed by atoms with van der Waals surface area (Å²) >= 11 is 6.37. The molecule has 316 valence electrons. The van der Waals surface area contributed by atoms with Gasteiger partial charge in [0, 0.05) is 47.4 Å². The summed E-state index contributed by atoms with van der Waals surface area (Å²) in [5, 5.41) is 8.98. The van der Waals surface area contributed by atoms with Gasteiger partial charge in [0.25, 0.3) is 5.91 Å². The number of halogens is 1. The third kappa shape index (κ3) is 11.8. The van der Waals surface area contributed by atoms with E-state index in [9.17, 15) is 24.0 Å². The van der Waals surface area contributed by atoms with Gasteiger partial charge in [-0.3, -0.25) is 19.2 Å². The van der Waals surface area contributed by atoms with Gasteiger partial charge in [-0.2, -0.15) is 0 Å². The third-order valence-corrected chi connectivity index (χ3v) is 10.4. The SMILES string of the molecule is Cc1ccc(C(=O)N(CCCNC(=O)OCc2ccc(NC(=O)[C@H](C)NC(=O)[C@@H](N)C(C)C)cc2)[C@@H](c2oc3cc(Cl)ccc3c(=O)c2Cc2ccccc2)C(C)C)cc1. The minimum Gasteiger partial charge on any atom is -0.458 e. The maximum Gasteiger partial charge on any atom is 0.407 e. The second-order valence-corrected chi connectivity index (χ2v) is 16.1. The number of carbonyl (C=O) groups is 4. The molecule has 0 radical (unpaired) electrons. The minimum atomic E-state index is -0.797. The van der Waals surface area contributed by atoms with E-state index in [1.165, 1.54) is 0 Å². The molecule has 0 saturated heterocycles. The molecule has 60 heavy (non-hydrogen) atoms. The number of alkyl carbamates (subject to hydrolysis) is 1. The predicted octanol–water partition coefficient (Wildman–Crippen LogP) is 7.93. The Balaban J connectivity index is 1.27. The fraction of sp³-hybridized carbons (Fsp3) is 0.340. The molecule has 0 fully saturated rings. The van der Waals surface area contributed by atoms with Crippen molar-refractivity contribution in [3.63, 3.8) is 0 Å². The minimum absolute atomic E-state index is 0.0255. The molecule has 12 nitrogen and oxygen atoms in total. The van der Waals surface area contributed by atoms with Crippen LogP contribution in [0.5, 0.6) is 0 Å². The number of nitrogens with one attached hydrogen (secondary N) is 3. The summed E-state index contributed by atoms with van der Waals surface area (Å²) < 4.78 is 12.1. The van der Waals surface area contributed by atoms with Crippen molar-refractivity contribution < 1.29 is 28.3 Å². The highest BCUT2D eigenvalue weighted by Gasteiger charge is 2.34. The summed E-state index contributed by atoms with van der Waals surface area (Å²) in [6.45, 7) is 11.5. The highest BCUT2D eigenvalue weighted by Crippen LogP contribution is 2.35. The van der Waals surface area contributed by atoms with Crippen LogP contribution in [-0.2, 0) is 27.4 Å². The van der Waals surface area contributed by atoms with Crippen LogP contribution in [0.15, 0.2) is 106 Å². The Kier molecular flexibility index (Phi) is 15.7. The second-order valence-electron chi connectivity index (χ2n) is 15.7. The van der Waals surface area contributed by atoms with E-state index in [4.69, 9.17) is 26.5 Å². The Morgan fingerprint density at radius 3 is 2.17 bits per heavy atom. The maximum atomic E-state index is 14.5. The Bertz CT molecular complexity index is 2330. The summed E-state index contributed by atoms with van der Waals surface area (Å²) in [4.78, 5) is 68.1. The van der Waals surface area contributed by atoms with Crippen LogP contribution < -0.4 is 27.1 Å². The number of rotatable bonds is 17. The molecule has 4 aromatic carbocycles.